The summed E-state index contributed by atoms with van der Waals surface area (Å²) in [5.74, 6) is -0.393. The number of hydrogen-bond acceptors (Lipinski definition) is 7. The van der Waals surface area contributed by atoms with E-state index in [0.29, 0.717) is 23.6 Å². The Morgan fingerprint density at radius 1 is 1.18 bits per heavy atom. The van der Waals surface area contributed by atoms with Gasteiger partial charge >= 0.3 is 11.9 Å². The number of ether oxygens (including phenoxy) is 2. The Labute approximate surface area is 161 Å². The molecule has 1 aromatic carbocycles. The topological polar surface area (TPSA) is 107 Å². The van der Waals surface area contributed by atoms with E-state index in [0.717, 1.165) is 16.7 Å². The summed E-state index contributed by atoms with van der Waals surface area (Å²) in [4.78, 5) is 27.9. The van der Waals surface area contributed by atoms with Gasteiger partial charge in [-0.05, 0) is 24.6 Å². The largest absolute Gasteiger partial charge is 0.497 e. The van der Waals surface area contributed by atoms with E-state index in [1.54, 1.807) is 32.0 Å². The van der Waals surface area contributed by atoms with Crippen molar-refractivity contribution in [1.82, 2.24) is 14.8 Å². The van der Waals surface area contributed by atoms with Crippen molar-refractivity contribution in [2.75, 3.05) is 24.4 Å². The first-order valence-corrected chi connectivity index (χ1v) is 8.69. The number of nitrogens with one attached hydrogen (secondary N) is 2. The summed E-state index contributed by atoms with van der Waals surface area (Å²) in [5.41, 5.74) is 2.08. The molecule has 0 unspecified atom stereocenters. The van der Waals surface area contributed by atoms with E-state index in [-0.39, 0.29) is 6.61 Å². The second-order valence-corrected chi connectivity index (χ2v) is 5.93. The Morgan fingerprint density at radius 2 is 1.93 bits per heavy atom. The minimum Gasteiger partial charge on any atom is -0.497 e. The summed E-state index contributed by atoms with van der Waals surface area (Å²) in [7, 11) is 3.37. The van der Waals surface area contributed by atoms with Crippen LogP contribution in [0, 0.1) is 0 Å². The average Bonchev–Trinajstić information content (AvgIpc) is 3.10. The van der Waals surface area contributed by atoms with Gasteiger partial charge in [0.1, 0.15) is 11.6 Å². The van der Waals surface area contributed by atoms with Crippen LogP contribution in [0.2, 0.25) is 0 Å². The molecule has 0 bridgehead atoms. The lowest BCUT2D eigenvalue weighted by Gasteiger charge is -2.11. The van der Waals surface area contributed by atoms with Gasteiger partial charge in [-0.2, -0.15) is 5.10 Å². The van der Waals surface area contributed by atoms with Crippen molar-refractivity contribution in [3.63, 3.8) is 0 Å². The first-order valence-electron chi connectivity index (χ1n) is 8.69. The number of amides is 1. The minimum atomic E-state index is -0.945. The van der Waals surface area contributed by atoms with Crippen LogP contribution in [0.1, 0.15) is 12.5 Å². The normalized spacial score (nSPS) is 10.5. The Hall–Kier alpha value is -3.62. The van der Waals surface area contributed by atoms with Gasteiger partial charge in [0.15, 0.2) is 0 Å². The van der Waals surface area contributed by atoms with Crippen LogP contribution in [-0.4, -0.2) is 40.4 Å². The van der Waals surface area contributed by atoms with Crippen molar-refractivity contribution in [2.24, 2.45) is 7.05 Å². The Balaban J connectivity index is 1.81. The van der Waals surface area contributed by atoms with Crippen LogP contribution in [0.3, 0.4) is 0 Å². The molecular weight excluding hydrogens is 362 g/mol. The molecule has 0 saturated heterocycles. The highest BCUT2D eigenvalue weighted by molar-refractivity contribution is 6.37. The van der Waals surface area contributed by atoms with E-state index in [1.165, 1.54) is 6.20 Å². The number of aryl methyl sites for hydroxylation is 1. The third-order valence-electron chi connectivity index (χ3n) is 4.10. The number of anilines is 2. The lowest BCUT2D eigenvalue weighted by molar-refractivity contribution is -0.152. The molecule has 3 aromatic rings. The predicted molar refractivity (Wildman–Crippen MR) is 104 cm³/mol. The van der Waals surface area contributed by atoms with E-state index >= 15 is 0 Å². The molecule has 9 heteroatoms. The summed E-state index contributed by atoms with van der Waals surface area (Å²) >= 11 is 0. The van der Waals surface area contributed by atoms with Crippen LogP contribution in [-0.2, 0) is 27.9 Å². The molecular formula is C19H21N5O4. The van der Waals surface area contributed by atoms with E-state index < -0.39 is 11.9 Å². The second kappa shape index (κ2) is 8.38. The van der Waals surface area contributed by atoms with Gasteiger partial charge in [0, 0.05) is 13.6 Å². The molecule has 9 nitrogen and oxygen atoms in total. The highest BCUT2D eigenvalue weighted by atomic mass is 16.5. The summed E-state index contributed by atoms with van der Waals surface area (Å²) in [6, 6.07) is 7.69. The average molecular weight is 383 g/mol. The van der Waals surface area contributed by atoms with Gasteiger partial charge in [-0.25, -0.2) is 9.78 Å². The monoisotopic (exact) mass is 383 g/mol. The van der Waals surface area contributed by atoms with E-state index in [1.807, 2.05) is 24.3 Å². The highest BCUT2D eigenvalue weighted by Gasteiger charge is 2.19. The van der Waals surface area contributed by atoms with Crippen LogP contribution in [0.25, 0.3) is 10.9 Å². The summed E-state index contributed by atoms with van der Waals surface area (Å²) in [5, 5.41) is 10.8. The van der Waals surface area contributed by atoms with Crippen LogP contribution in [0.5, 0.6) is 5.75 Å². The van der Waals surface area contributed by atoms with Crippen molar-refractivity contribution in [3.05, 3.63) is 42.2 Å². The highest BCUT2D eigenvalue weighted by Crippen LogP contribution is 2.28. The summed E-state index contributed by atoms with van der Waals surface area (Å²) in [6.45, 7) is 2.31. The van der Waals surface area contributed by atoms with E-state index in [9.17, 15) is 9.59 Å². The van der Waals surface area contributed by atoms with Crippen molar-refractivity contribution >= 4 is 34.3 Å². The van der Waals surface area contributed by atoms with Crippen molar-refractivity contribution in [2.45, 2.75) is 13.5 Å². The van der Waals surface area contributed by atoms with Crippen LogP contribution < -0.4 is 15.4 Å². The molecule has 0 aliphatic heterocycles. The molecule has 146 valence electrons. The maximum absolute atomic E-state index is 12.0. The number of fused-ring (bicyclic) bond motifs is 1. The molecule has 0 aliphatic rings. The summed E-state index contributed by atoms with van der Waals surface area (Å²) in [6.07, 6.45) is 3.14. The van der Waals surface area contributed by atoms with Crippen LogP contribution in [0.15, 0.2) is 36.7 Å². The first kappa shape index (κ1) is 19.2. The first-order chi connectivity index (χ1) is 13.5. The molecule has 0 fully saturated rings. The molecule has 0 saturated carbocycles. The Kier molecular flexibility index (Phi) is 5.73. The molecule has 2 heterocycles. The zero-order valence-corrected chi connectivity index (χ0v) is 15.9. The quantitative estimate of drug-likeness (QED) is 0.496. The van der Waals surface area contributed by atoms with Crippen molar-refractivity contribution in [1.29, 1.82) is 0 Å². The molecule has 1 amide bonds. The lowest BCUT2D eigenvalue weighted by Crippen LogP contribution is -2.25. The minimum absolute atomic E-state index is 0.125. The van der Waals surface area contributed by atoms with Crippen molar-refractivity contribution in [3.8, 4) is 5.75 Å². The van der Waals surface area contributed by atoms with Crippen LogP contribution >= 0.6 is 0 Å². The number of methoxy groups -OCH3 is 1. The number of rotatable bonds is 6. The SMILES string of the molecule is CCOC(=O)C(=O)Nc1cnc(NCc2ccc(OC)cc2)c2cnn(C)c12. The summed E-state index contributed by atoms with van der Waals surface area (Å²) < 4.78 is 11.5. The fourth-order valence-electron chi connectivity index (χ4n) is 2.72. The third-order valence-corrected chi connectivity index (χ3v) is 4.10. The van der Waals surface area contributed by atoms with Gasteiger partial charge in [0.25, 0.3) is 0 Å². The fraction of sp³-hybridized carbons (Fsp3) is 0.263. The fourth-order valence-corrected chi connectivity index (χ4v) is 2.72. The van der Waals surface area contributed by atoms with Crippen LogP contribution in [0.4, 0.5) is 11.5 Å². The van der Waals surface area contributed by atoms with Gasteiger partial charge < -0.3 is 20.1 Å². The molecule has 28 heavy (non-hydrogen) atoms. The number of carbonyl (C=O) groups is 2. The number of benzene rings is 1. The van der Waals surface area contributed by atoms with Gasteiger partial charge in [0.05, 0.1) is 42.7 Å². The Morgan fingerprint density at radius 3 is 2.61 bits per heavy atom. The third kappa shape index (κ3) is 4.03. The zero-order chi connectivity index (χ0) is 20.1. The predicted octanol–water partition coefficient (Wildman–Crippen LogP) is 2.09. The molecule has 3 rings (SSSR count). The van der Waals surface area contributed by atoms with Gasteiger partial charge in [-0.3, -0.25) is 9.48 Å². The van der Waals surface area contributed by atoms with Crippen molar-refractivity contribution < 1.29 is 19.1 Å². The number of hydrogen-bond donors (Lipinski definition) is 2. The zero-order valence-electron chi connectivity index (χ0n) is 15.9. The van der Waals surface area contributed by atoms with Gasteiger partial charge in [-0.1, -0.05) is 12.1 Å². The maximum atomic E-state index is 12.0. The van der Waals surface area contributed by atoms with E-state index in [2.05, 4.69) is 20.7 Å². The molecule has 0 aliphatic carbocycles. The number of carbonyl (C=O) groups excluding carboxylic acids is 2. The second-order valence-electron chi connectivity index (χ2n) is 5.93. The molecule has 0 spiro atoms. The lowest BCUT2D eigenvalue weighted by atomic mass is 10.2. The molecule has 2 N–H and O–H groups in total. The number of aromatic nitrogens is 3. The number of nitrogens with zero attached hydrogens (tertiary/aromatic N) is 3. The number of pyridine rings is 1. The maximum Gasteiger partial charge on any atom is 0.397 e. The van der Waals surface area contributed by atoms with Gasteiger partial charge in [0.2, 0.25) is 0 Å². The smallest absolute Gasteiger partial charge is 0.397 e. The molecule has 2 aromatic heterocycles. The van der Waals surface area contributed by atoms with E-state index in [4.69, 9.17) is 9.47 Å². The van der Waals surface area contributed by atoms with Gasteiger partial charge in [-0.15, -0.1) is 0 Å². The molecule has 0 radical (unpaired) electrons. The standard InChI is InChI=1S/C19H21N5O4/c1-4-28-19(26)18(25)23-15-11-21-17(14-10-22-24(2)16(14)15)20-9-12-5-7-13(27-3)8-6-12/h5-8,10-11H,4,9H2,1-3H3,(H,20,21)(H,23,25). The number of esters is 1. The Bertz CT molecular complexity index is 997. The molecule has 0 atom stereocenters.